The molecule has 0 fully saturated rings. The summed E-state index contributed by atoms with van der Waals surface area (Å²) in [7, 11) is 0. The molecule has 0 bridgehead atoms. The van der Waals surface area contributed by atoms with Gasteiger partial charge in [-0.2, -0.15) is 4.68 Å². The van der Waals surface area contributed by atoms with Gasteiger partial charge < -0.3 is 10.1 Å². The fourth-order valence-corrected chi connectivity index (χ4v) is 2.27. The molecule has 1 aromatic heterocycles. The smallest absolute Gasteiger partial charge is 0.390 e. The Hall–Kier alpha value is -1.61. The quantitative estimate of drug-likeness (QED) is 0.455. The Kier molecular flexibility index (Phi) is 4.05. The van der Waals surface area contributed by atoms with E-state index in [1.807, 2.05) is 0 Å². The Bertz CT molecular complexity index is 656. The first-order valence-corrected chi connectivity index (χ1v) is 6.60. The van der Waals surface area contributed by atoms with Crippen LogP contribution >= 0.6 is 31.9 Å². The largest absolute Gasteiger partial charge is 0.492 e. The summed E-state index contributed by atoms with van der Waals surface area (Å²) in [6.07, 6.45) is 0. The van der Waals surface area contributed by atoms with Crippen LogP contribution in [0.5, 0.6) is 0 Å². The summed E-state index contributed by atoms with van der Waals surface area (Å²) in [5, 5.41) is 14.2. The van der Waals surface area contributed by atoms with E-state index in [1.165, 1.54) is 0 Å². The third-order valence-corrected chi connectivity index (χ3v) is 3.52. The fourth-order valence-electron chi connectivity index (χ4n) is 1.40. The zero-order chi connectivity index (χ0) is 14.0. The Balaban J connectivity index is 2.24. The van der Waals surface area contributed by atoms with Gasteiger partial charge in [-0.05, 0) is 16.0 Å². The van der Waals surface area contributed by atoms with Gasteiger partial charge in [0, 0.05) is 31.1 Å². The number of nitrogens with zero attached hydrogens (tertiary/aromatic N) is 4. The minimum atomic E-state index is -0.718. The number of aromatic nitrogens is 3. The van der Waals surface area contributed by atoms with Crippen LogP contribution in [0, 0.1) is 10.1 Å². The standard InChI is InChI=1S/C10H6Br2N4O3/c11-7-4-2-1-3-6(7)8(17)5-15-9(12)13-10(14-15)16(18)19/h1-4H,5H2. The molecule has 0 amide bonds. The second-order valence-corrected chi connectivity index (χ2v) is 5.06. The molecule has 7 nitrogen and oxygen atoms in total. The Labute approximate surface area is 124 Å². The van der Waals surface area contributed by atoms with E-state index in [9.17, 15) is 14.9 Å². The molecular weight excluding hydrogens is 384 g/mol. The molecule has 0 aliphatic rings. The van der Waals surface area contributed by atoms with Crippen molar-refractivity contribution in [2.75, 3.05) is 0 Å². The topological polar surface area (TPSA) is 90.9 Å². The first-order chi connectivity index (χ1) is 8.99. The van der Waals surface area contributed by atoms with Crippen molar-refractivity contribution in [1.82, 2.24) is 14.8 Å². The SMILES string of the molecule is O=C(Cn1nc([N+](=O)[O-])nc1Br)c1ccccc1Br. The van der Waals surface area contributed by atoms with Crippen molar-refractivity contribution in [3.05, 3.63) is 49.1 Å². The molecule has 1 aromatic carbocycles. The van der Waals surface area contributed by atoms with E-state index in [4.69, 9.17) is 0 Å². The molecule has 1 heterocycles. The molecule has 2 aromatic rings. The Morgan fingerprint density at radius 1 is 1.37 bits per heavy atom. The minimum absolute atomic E-state index is 0.135. The fraction of sp³-hybridized carbons (Fsp3) is 0.100. The van der Waals surface area contributed by atoms with Gasteiger partial charge in [-0.1, -0.05) is 34.1 Å². The van der Waals surface area contributed by atoms with Crippen molar-refractivity contribution in [3.63, 3.8) is 0 Å². The average molecular weight is 390 g/mol. The van der Waals surface area contributed by atoms with Crippen LogP contribution in [-0.4, -0.2) is 25.5 Å². The number of benzene rings is 1. The predicted molar refractivity (Wildman–Crippen MR) is 72.8 cm³/mol. The minimum Gasteiger partial charge on any atom is -0.390 e. The zero-order valence-corrected chi connectivity index (χ0v) is 12.5. The van der Waals surface area contributed by atoms with Gasteiger partial charge in [0.15, 0.2) is 5.78 Å². The van der Waals surface area contributed by atoms with E-state index in [0.29, 0.717) is 10.0 Å². The number of Topliss-reactive ketones (excluding diaryl/α,β-unsaturated/α-hetero) is 1. The molecule has 9 heteroatoms. The van der Waals surface area contributed by atoms with E-state index in [-0.39, 0.29) is 17.1 Å². The number of ketones is 1. The van der Waals surface area contributed by atoms with Gasteiger partial charge in [0.25, 0.3) is 4.73 Å². The highest BCUT2D eigenvalue weighted by Gasteiger charge is 2.22. The highest BCUT2D eigenvalue weighted by Crippen LogP contribution is 2.18. The first-order valence-electron chi connectivity index (χ1n) is 5.01. The van der Waals surface area contributed by atoms with Crippen LogP contribution in [0.1, 0.15) is 10.4 Å². The monoisotopic (exact) mass is 388 g/mol. The normalized spacial score (nSPS) is 10.4. The number of nitro groups is 1. The maximum absolute atomic E-state index is 12.1. The maximum Gasteiger partial charge on any atom is 0.492 e. The molecule has 0 aliphatic carbocycles. The number of carbonyl (C=O) groups is 1. The van der Waals surface area contributed by atoms with Crippen LogP contribution in [0.4, 0.5) is 5.95 Å². The van der Waals surface area contributed by atoms with Crippen LogP contribution in [-0.2, 0) is 6.54 Å². The van der Waals surface area contributed by atoms with Gasteiger partial charge in [-0.15, -0.1) is 0 Å². The zero-order valence-electron chi connectivity index (χ0n) is 9.29. The second kappa shape index (κ2) is 5.57. The van der Waals surface area contributed by atoms with Crippen LogP contribution < -0.4 is 0 Å². The van der Waals surface area contributed by atoms with Crippen LogP contribution in [0.15, 0.2) is 33.5 Å². The number of hydrogen-bond acceptors (Lipinski definition) is 5. The second-order valence-electron chi connectivity index (χ2n) is 3.50. The van der Waals surface area contributed by atoms with Gasteiger partial charge >= 0.3 is 5.95 Å². The number of carbonyl (C=O) groups excluding carboxylic acids is 1. The van der Waals surface area contributed by atoms with Crippen molar-refractivity contribution < 1.29 is 9.72 Å². The summed E-state index contributed by atoms with van der Waals surface area (Å²) in [5.41, 5.74) is 0.479. The average Bonchev–Trinajstić information content (AvgIpc) is 2.71. The van der Waals surface area contributed by atoms with E-state index in [2.05, 4.69) is 41.9 Å². The summed E-state index contributed by atoms with van der Waals surface area (Å²) < 4.78 is 1.94. The lowest BCUT2D eigenvalue weighted by molar-refractivity contribution is -0.394. The molecular formula is C10H6Br2N4O3. The van der Waals surface area contributed by atoms with Crippen molar-refractivity contribution in [2.45, 2.75) is 6.54 Å². The molecule has 0 unspecified atom stereocenters. The lowest BCUT2D eigenvalue weighted by atomic mass is 10.1. The summed E-state index contributed by atoms with van der Waals surface area (Å²) in [4.78, 5) is 25.5. The van der Waals surface area contributed by atoms with Gasteiger partial charge in [0.2, 0.25) is 0 Å². The van der Waals surface area contributed by atoms with Crippen molar-refractivity contribution >= 4 is 43.6 Å². The molecule has 2 rings (SSSR count). The molecule has 98 valence electrons. The lowest BCUT2D eigenvalue weighted by Crippen LogP contribution is -2.12. The molecule has 0 saturated heterocycles. The molecule has 0 N–H and O–H groups in total. The number of hydrogen-bond donors (Lipinski definition) is 0. The first kappa shape index (κ1) is 13.8. The third kappa shape index (κ3) is 3.04. The van der Waals surface area contributed by atoms with Crippen LogP contribution in [0.25, 0.3) is 0 Å². The van der Waals surface area contributed by atoms with Gasteiger partial charge in [-0.25, -0.2) is 0 Å². The molecule has 0 aliphatic heterocycles. The molecule has 0 spiro atoms. The Morgan fingerprint density at radius 3 is 2.63 bits per heavy atom. The highest BCUT2D eigenvalue weighted by atomic mass is 79.9. The van der Waals surface area contributed by atoms with Gasteiger partial charge in [0.1, 0.15) is 6.54 Å². The van der Waals surface area contributed by atoms with E-state index >= 15 is 0 Å². The van der Waals surface area contributed by atoms with Crippen LogP contribution in [0.2, 0.25) is 0 Å². The van der Waals surface area contributed by atoms with Gasteiger partial charge in [0.05, 0.1) is 0 Å². The Morgan fingerprint density at radius 2 is 2.05 bits per heavy atom. The summed E-state index contributed by atoms with van der Waals surface area (Å²) in [6, 6.07) is 6.92. The van der Waals surface area contributed by atoms with E-state index in [0.717, 1.165) is 4.68 Å². The van der Waals surface area contributed by atoms with Gasteiger partial charge in [-0.3, -0.25) is 4.79 Å². The summed E-state index contributed by atoms with van der Waals surface area (Å²) >= 11 is 6.30. The molecule has 0 saturated carbocycles. The van der Waals surface area contributed by atoms with E-state index < -0.39 is 10.9 Å². The highest BCUT2D eigenvalue weighted by molar-refractivity contribution is 9.10. The molecule has 0 radical (unpaired) electrons. The lowest BCUT2D eigenvalue weighted by Gasteiger charge is -2.01. The van der Waals surface area contributed by atoms with Crippen molar-refractivity contribution in [2.24, 2.45) is 0 Å². The summed E-state index contributed by atoms with van der Waals surface area (Å²) in [5.74, 6) is -0.778. The summed E-state index contributed by atoms with van der Waals surface area (Å²) in [6.45, 7) is -0.135. The van der Waals surface area contributed by atoms with Crippen LogP contribution in [0.3, 0.4) is 0 Å². The molecule has 0 atom stereocenters. The van der Waals surface area contributed by atoms with Crippen molar-refractivity contribution in [1.29, 1.82) is 0 Å². The third-order valence-electron chi connectivity index (χ3n) is 2.25. The molecule has 19 heavy (non-hydrogen) atoms. The van der Waals surface area contributed by atoms with Crippen molar-refractivity contribution in [3.8, 4) is 0 Å². The predicted octanol–water partition coefficient (Wildman–Crippen LogP) is 2.59. The number of rotatable bonds is 4. The van der Waals surface area contributed by atoms with E-state index in [1.54, 1.807) is 24.3 Å². The maximum atomic E-state index is 12.1. The number of halogens is 2.